The molecule has 0 atom stereocenters. The lowest BCUT2D eigenvalue weighted by molar-refractivity contribution is -0.132. The van der Waals surface area contributed by atoms with E-state index in [-0.39, 0.29) is 23.2 Å². The average Bonchev–Trinajstić information content (AvgIpc) is 3.10. The summed E-state index contributed by atoms with van der Waals surface area (Å²) in [6.45, 7) is 3.32. The number of nitrogens with zero attached hydrogens (tertiary/aromatic N) is 2. The Morgan fingerprint density at radius 1 is 1.43 bits per heavy atom. The van der Waals surface area contributed by atoms with Gasteiger partial charge in [0.25, 0.3) is 10.0 Å². The minimum atomic E-state index is -3.64. The Morgan fingerprint density at radius 2 is 2.17 bits per heavy atom. The maximum absolute atomic E-state index is 12.7. The van der Waals surface area contributed by atoms with Crippen molar-refractivity contribution in [1.82, 2.24) is 14.5 Å². The molecule has 1 fully saturated rings. The molecule has 1 saturated heterocycles. The van der Waals surface area contributed by atoms with Crippen LogP contribution >= 0.6 is 11.3 Å². The van der Waals surface area contributed by atoms with E-state index in [0.29, 0.717) is 26.1 Å². The standard InChI is InChI=1S/C14H23N3O4S2/c1-21-10-3-7-17(23(19,20)14-4-2-11-22-14)12-13(18)16-8-5-15-6-9-16/h2,4,11,15H,3,5-10,12H2,1H3. The summed E-state index contributed by atoms with van der Waals surface area (Å²) in [5.74, 6) is -0.149. The fourth-order valence-corrected chi connectivity index (χ4v) is 4.94. The van der Waals surface area contributed by atoms with Crippen LogP contribution in [0.2, 0.25) is 0 Å². The lowest BCUT2D eigenvalue weighted by Gasteiger charge is -2.30. The summed E-state index contributed by atoms with van der Waals surface area (Å²) in [4.78, 5) is 14.1. The van der Waals surface area contributed by atoms with Crippen molar-refractivity contribution in [3.05, 3.63) is 17.5 Å². The number of hydrogen-bond acceptors (Lipinski definition) is 6. The fraction of sp³-hybridized carbons (Fsp3) is 0.643. The molecule has 1 aliphatic heterocycles. The molecule has 1 aromatic heterocycles. The smallest absolute Gasteiger partial charge is 0.253 e. The van der Waals surface area contributed by atoms with Gasteiger partial charge in [0.1, 0.15) is 4.21 Å². The molecule has 0 spiro atoms. The Labute approximate surface area is 141 Å². The molecule has 2 heterocycles. The minimum absolute atomic E-state index is 0.121. The second-order valence-electron chi connectivity index (χ2n) is 5.25. The van der Waals surface area contributed by atoms with E-state index in [1.54, 1.807) is 29.5 Å². The third kappa shape index (κ3) is 4.98. The molecule has 1 aliphatic rings. The largest absolute Gasteiger partial charge is 0.385 e. The number of rotatable bonds is 8. The summed E-state index contributed by atoms with van der Waals surface area (Å²) in [5, 5.41) is 4.90. The quantitative estimate of drug-likeness (QED) is 0.670. The number of methoxy groups -OCH3 is 1. The van der Waals surface area contributed by atoms with E-state index in [1.165, 1.54) is 4.31 Å². The molecule has 1 N–H and O–H groups in total. The zero-order chi connectivity index (χ0) is 16.7. The van der Waals surface area contributed by atoms with Gasteiger partial charge in [-0.2, -0.15) is 4.31 Å². The fourth-order valence-electron chi connectivity index (χ4n) is 2.37. The van der Waals surface area contributed by atoms with Crippen molar-refractivity contribution < 1.29 is 17.9 Å². The highest BCUT2D eigenvalue weighted by molar-refractivity contribution is 7.91. The third-order valence-corrected chi connectivity index (χ3v) is 6.84. The molecule has 0 unspecified atom stereocenters. The monoisotopic (exact) mass is 361 g/mol. The number of hydrogen-bond donors (Lipinski definition) is 1. The number of ether oxygens (including phenoxy) is 1. The molecule has 23 heavy (non-hydrogen) atoms. The molecular weight excluding hydrogens is 338 g/mol. The van der Waals surface area contributed by atoms with Crippen LogP contribution in [-0.4, -0.2) is 76.5 Å². The van der Waals surface area contributed by atoms with E-state index in [9.17, 15) is 13.2 Å². The number of carbonyl (C=O) groups is 1. The van der Waals surface area contributed by atoms with E-state index in [1.807, 2.05) is 0 Å². The van der Waals surface area contributed by atoms with Crippen molar-refractivity contribution in [3.63, 3.8) is 0 Å². The van der Waals surface area contributed by atoms with Gasteiger partial charge >= 0.3 is 0 Å². The van der Waals surface area contributed by atoms with Crippen LogP contribution in [0.25, 0.3) is 0 Å². The molecular formula is C14H23N3O4S2. The van der Waals surface area contributed by atoms with Gasteiger partial charge in [-0.25, -0.2) is 8.42 Å². The zero-order valence-corrected chi connectivity index (χ0v) is 14.9. The zero-order valence-electron chi connectivity index (χ0n) is 13.2. The second kappa shape index (κ2) is 8.74. The lowest BCUT2D eigenvalue weighted by atomic mass is 10.3. The topological polar surface area (TPSA) is 79.0 Å². The van der Waals surface area contributed by atoms with Crippen molar-refractivity contribution in [2.75, 3.05) is 53.0 Å². The molecule has 1 amide bonds. The Morgan fingerprint density at radius 3 is 2.78 bits per heavy atom. The summed E-state index contributed by atoms with van der Waals surface area (Å²) < 4.78 is 32.0. The van der Waals surface area contributed by atoms with Crippen LogP contribution in [0.15, 0.2) is 21.7 Å². The number of carbonyl (C=O) groups excluding carboxylic acids is 1. The normalized spacial score (nSPS) is 16.0. The average molecular weight is 361 g/mol. The van der Waals surface area contributed by atoms with Crippen molar-refractivity contribution in [1.29, 1.82) is 0 Å². The summed E-state index contributed by atoms with van der Waals surface area (Å²) in [6, 6.07) is 3.27. The van der Waals surface area contributed by atoms with Gasteiger partial charge in [-0.05, 0) is 17.9 Å². The molecule has 0 aromatic carbocycles. The summed E-state index contributed by atoms with van der Waals surface area (Å²) in [5.41, 5.74) is 0. The SMILES string of the molecule is COCCCN(CC(=O)N1CCNCC1)S(=O)(=O)c1cccs1. The van der Waals surface area contributed by atoms with Crippen LogP contribution in [-0.2, 0) is 19.6 Å². The molecule has 2 rings (SSSR count). The summed E-state index contributed by atoms with van der Waals surface area (Å²) >= 11 is 1.16. The summed E-state index contributed by atoms with van der Waals surface area (Å²) in [7, 11) is -2.07. The van der Waals surface area contributed by atoms with E-state index < -0.39 is 10.0 Å². The van der Waals surface area contributed by atoms with Crippen LogP contribution in [0.4, 0.5) is 0 Å². The summed E-state index contributed by atoms with van der Waals surface area (Å²) in [6.07, 6.45) is 0.552. The van der Waals surface area contributed by atoms with E-state index in [0.717, 1.165) is 24.4 Å². The van der Waals surface area contributed by atoms with Crippen LogP contribution in [0.3, 0.4) is 0 Å². The predicted molar refractivity (Wildman–Crippen MR) is 89.0 cm³/mol. The Bertz CT molecular complexity index is 583. The highest BCUT2D eigenvalue weighted by Crippen LogP contribution is 2.21. The number of piperazine rings is 1. The Hall–Kier alpha value is -1.00. The first-order valence-electron chi connectivity index (χ1n) is 7.57. The lowest BCUT2D eigenvalue weighted by Crippen LogP contribution is -2.50. The molecule has 130 valence electrons. The Balaban J connectivity index is 2.08. The van der Waals surface area contributed by atoms with Gasteiger partial charge in [-0.3, -0.25) is 4.79 Å². The van der Waals surface area contributed by atoms with Crippen LogP contribution < -0.4 is 5.32 Å². The molecule has 0 saturated carbocycles. The van der Waals surface area contributed by atoms with Crippen molar-refractivity contribution in [2.24, 2.45) is 0 Å². The van der Waals surface area contributed by atoms with Gasteiger partial charge in [0.15, 0.2) is 0 Å². The van der Waals surface area contributed by atoms with E-state index in [4.69, 9.17) is 4.74 Å². The van der Waals surface area contributed by atoms with Crippen LogP contribution in [0, 0.1) is 0 Å². The molecule has 7 nitrogen and oxygen atoms in total. The molecule has 9 heteroatoms. The highest BCUT2D eigenvalue weighted by Gasteiger charge is 2.29. The van der Waals surface area contributed by atoms with Gasteiger partial charge in [-0.15, -0.1) is 11.3 Å². The number of sulfonamides is 1. The van der Waals surface area contributed by atoms with Crippen molar-refractivity contribution in [2.45, 2.75) is 10.6 Å². The predicted octanol–water partition coefficient (Wildman–Crippen LogP) is 0.207. The highest BCUT2D eigenvalue weighted by atomic mass is 32.2. The van der Waals surface area contributed by atoms with Crippen molar-refractivity contribution >= 4 is 27.3 Å². The van der Waals surface area contributed by atoms with E-state index in [2.05, 4.69) is 5.32 Å². The van der Waals surface area contributed by atoms with Crippen LogP contribution in [0.5, 0.6) is 0 Å². The van der Waals surface area contributed by atoms with Gasteiger partial charge in [0, 0.05) is 46.4 Å². The Kier molecular flexibility index (Phi) is 6.97. The molecule has 0 aliphatic carbocycles. The number of thiophene rings is 1. The van der Waals surface area contributed by atoms with Gasteiger partial charge in [0.05, 0.1) is 6.54 Å². The second-order valence-corrected chi connectivity index (χ2v) is 8.36. The number of nitrogens with one attached hydrogen (secondary N) is 1. The molecule has 1 aromatic rings. The van der Waals surface area contributed by atoms with Crippen molar-refractivity contribution in [3.8, 4) is 0 Å². The first kappa shape index (κ1) is 18.3. The minimum Gasteiger partial charge on any atom is -0.385 e. The molecule has 0 bridgehead atoms. The molecule has 0 radical (unpaired) electrons. The third-order valence-electron chi connectivity index (χ3n) is 3.63. The first-order valence-corrected chi connectivity index (χ1v) is 9.89. The van der Waals surface area contributed by atoms with E-state index >= 15 is 0 Å². The van der Waals surface area contributed by atoms with Crippen LogP contribution in [0.1, 0.15) is 6.42 Å². The van der Waals surface area contributed by atoms with Gasteiger partial charge < -0.3 is 15.0 Å². The maximum Gasteiger partial charge on any atom is 0.253 e. The maximum atomic E-state index is 12.7. The van der Waals surface area contributed by atoms with Gasteiger partial charge in [0.2, 0.25) is 5.91 Å². The first-order chi connectivity index (χ1) is 11.1. The van der Waals surface area contributed by atoms with Gasteiger partial charge in [-0.1, -0.05) is 6.07 Å². The number of amides is 1.